The Morgan fingerprint density at radius 1 is 1.02 bits per heavy atom. The van der Waals surface area contributed by atoms with E-state index < -0.39 is 33.9 Å². The van der Waals surface area contributed by atoms with Gasteiger partial charge in [-0.25, -0.2) is 27.4 Å². The van der Waals surface area contributed by atoms with Gasteiger partial charge in [0.2, 0.25) is 5.95 Å². The van der Waals surface area contributed by atoms with Crippen molar-refractivity contribution in [3.05, 3.63) is 66.1 Å². The second-order valence-corrected chi connectivity index (χ2v) is 11.6. The van der Waals surface area contributed by atoms with Crippen LogP contribution >= 0.6 is 0 Å². The minimum atomic E-state index is -4.19. The molecule has 0 saturated heterocycles. The van der Waals surface area contributed by atoms with Crippen LogP contribution in [0.4, 0.5) is 26.6 Å². The summed E-state index contributed by atoms with van der Waals surface area (Å²) in [5.74, 6) is -1.17. The van der Waals surface area contributed by atoms with Gasteiger partial charge in [0.05, 0.1) is 11.1 Å². The molecule has 0 spiro atoms. The molecule has 2 N–H and O–H groups in total. The van der Waals surface area contributed by atoms with Crippen molar-refractivity contribution in [2.24, 2.45) is 0 Å². The van der Waals surface area contributed by atoms with Crippen molar-refractivity contribution in [2.75, 3.05) is 48.3 Å². The molecule has 0 bridgehead atoms. The first kappa shape index (κ1) is 33.0. The molecule has 0 saturated carbocycles. The van der Waals surface area contributed by atoms with Crippen LogP contribution < -0.4 is 19.3 Å². The molecule has 3 aromatic rings. The molecular weight excluding hydrogens is 579 g/mol. The van der Waals surface area contributed by atoms with E-state index in [1.54, 1.807) is 45.3 Å². The zero-order chi connectivity index (χ0) is 31.7. The van der Waals surface area contributed by atoms with Crippen molar-refractivity contribution in [3.63, 3.8) is 0 Å². The van der Waals surface area contributed by atoms with Crippen molar-refractivity contribution in [3.8, 4) is 5.75 Å². The van der Waals surface area contributed by atoms with Crippen molar-refractivity contribution >= 4 is 39.5 Å². The van der Waals surface area contributed by atoms with Gasteiger partial charge in [0.15, 0.2) is 5.82 Å². The molecule has 12 nitrogen and oxygen atoms in total. The zero-order valence-electron chi connectivity index (χ0n) is 24.8. The van der Waals surface area contributed by atoms with Crippen LogP contribution in [0.15, 0.2) is 59.6 Å². The number of nitrogens with one attached hydrogen (secondary N) is 1. The molecule has 1 atom stereocenters. The topological polar surface area (TPSA) is 145 Å². The van der Waals surface area contributed by atoms with E-state index in [1.165, 1.54) is 23.2 Å². The second-order valence-electron chi connectivity index (χ2n) is 9.75. The van der Waals surface area contributed by atoms with Gasteiger partial charge in [-0.05, 0) is 62.2 Å². The number of ether oxygens (including phenoxy) is 1. The van der Waals surface area contributed by atoms with Gasteiger partial charge >= 0.3 is 12.1 Å². The number of carbonyl (C=O) groups excluding carboxylic acids is 1. The van der Waals surface area contributed by atoms with E-state index in [0.717, 1.165) is 16.4 Å². The van der Waals surface area contributed by atoms with E-state index >= 15 is 0 Å². The number of amides is 1. The number of hydrogen-bond donors (Lipinski definition) is 2. The van der Waals surface area contributed by atoms with Crippen molar-refractivity contribution < 1.29 is 32.2 Å². The Labute approximate surface area is 251 Å². The summed E-state index contributed by atoms with van der Waals surface area (Å²) in [6.45, 7) is 6.79. The number of rotatable bonds is 14. The Kier molecular flexibility index (Phi) is 11.2. The first-order valence-electron chi connectivity index (χ1n) is 13.8. The Balaban J connectivity index is 2.03. The summed E-state index contributed by atoms with van der Waals surface area (Å²) in [4.78, 5) is 36.2. The van der Waals surface area contributed by atoms with Crippen molar-refractivity contribution in [1.82, 2.24) is 14.9 Å². The molecule has 1 amide bonds. The van der Waals surface area contributed by atoms with Crippen molar-refractivity contribution in [2.45, 2.75) is 44.6 Å². The highest BCUT2D eigenvalue weighted by Gasteiger charge is 2.30. The van der Waals surface area contributed by atoms with Crippen LogP contribution in [0.1, 0.15) is 32.8 Å². The lowest BCUT2D eigenvalue weighted by Gasteiger charge is -2.28. The molecular formula is C29H37FN6O6S. The number of carboxylic acid groups (broad SMARTS) is 1. The maximum Gasteiger partial charge on any atom is 0.414 e. The minimum absolute atomic E-state index is 0.000222. The molecule has 0 aliphatic rings. The van der Waals surface area contributed by atoms with Crippen LogP contribution in [-0.4, -0.2) is 80.2 Å². The average Bonchev–Trinajstić information content (AvgIpc) is 2.97. The summed E-state index contributed by atoms with van der Waals surface area (Å²) in [5.41, 5.74) is 0.674. The van der Waals surface area contributed by atoms with Gasteiger partial charge in [-0.3, -0.25) is 4.31 Å². The number of aliphatic carboxylic acids is 1. The summed E-state index contributed by atoms with van der Waals surface area (Å²) in [7, 11) is -1.08. The third-order valence-corrected chi connectivity index (χ3v) is 8.27. The van der Waals surface area contributed by atoms with Crippen LogP contribution in [-0.2, 0) is 21.2 Å². The highest BCUT2D eigenvalue weighted by atomic mass is 32.2. The van der Waals surface area contributed by atoms with Gasteiger partial charge in [-0.2, -0.15) is 4.98 Å². The summed E-state index contributed by atoms with van der Waals surface area (Å²) in [5, 5.41) is 13.1. The molecule has 14 heteroatoms. The summed E-state index contributed by atoms with van der Waals surface area (Å²) in [6, 6.07) is 9.64. The van der Waals surface area contributed by atoms with Crippen LogP contribution in [0.2, 0.25) is 0 Å². The van der Waals surface area contributed by atoms with Crippen LogP contribution in [0.25, 0.3) is 0 Å². The van der Waals surface area contributed by atoms with E-state index in [-0.39, 0.29) is 29.4 Å². The summed E-state index contributed by atoms with van der Waals surface area (Å²) >= 11 is 0. The van der Waals surface area contributed by atoms with E-state index in [2.05, 4.69) is 15.3 Å². The SMILES string of the molecule is CCCN(c1cnc(N(CC)CC)nc1NC(Cc1ccc(OC(=O)N(C)C)cc1)C(=O)O)S(=O)(=O)c1ccc(F)cc1. The molecule has 0 fully saturated rings. The first-order valence-corrected chi connectivity index (χ1v) is 15.2. The largest absolute Gasteiger partial charge is 0.480 e. The third-order valence-electron chi connectivity index (χ3n) is 6.44. The lowest BCUT2D eigenvalue weighted by molar-refractivity contribution is -0.137. The zero-order valence-corrected chi connectivity index (χ0v) is 25.6. The fourth-order valence-electron chi connectivity index (χ4n) is 4.11. The number of carbonyl (C=O) groups is 2. The maximum atomic E-state index is 13.7. The average molecular weight is 617 g/mol. The fourth-order valence-corrected chi connectivity index (χ4v) is 5.66. The van der Waals surface area contributed by atoms with Crippen LogP contribution in [0, 0.1) is 5.82 Å². The fraction of sp³-hybridized carbons (Fsp3) is 0.379. The number of benzene rings is 2. The first-order chi connectivity index (χ1) is 20.4. The van der Waals surface area contributed by atoms with Gasteiger partial charge < -0.3 is 25.0 Å². The smallest absolute Gasteiger partial charge is 0.414 e. The number of hydrogen-bond acceptors (Lipinski definition) is 9. The quantitative estimate of drug-likeness (QED) is 0.270. The lowest BCUT2D eigenvalue weighted by Crippen LogP contribution is -2.36. The Bertz CT molecular complexity index is 1500. The molecule has 3 rings (SSSR count). The van der Waals surface area contributed by atoms with E-state index in [1.807, 2.05) is 18.7 Å². The third kappa shape index (κ3) is 8.31. The van der Waals surface area contributed by atoms with Crippen LogP contribution in [0.5, 0.6) is 5.75 Å². The van der Waals surface area contributed by atoms with E-state index in [4.69, 9.17) is 4.74 Å². The predicted octanol–water partition coefficient (Wildman–Crippen LogP) is 4.24. The monoisotopic (exact) mass is 616 g/mol. The van der Waals surface area contributed by atoms with Crippen LogP contribution in [0.3, 0.4) is 0 Å². The number of anilines is 3. The number of carboxylic acids is 1. The number of nitrogens with zero attached hydrogens (tertiary/aromatic N) is 5. The maximum absolute atomic E-state index is 13.7. The van der Waals surface area contributed by atoms with Gasteiger partial charge in [0, 0.05) is 40.2 Å². The van der Waals surface area contributed by atoms with Gasteiger partial charge in [0.1, 0.15) is 23.3 Å². The van der Waals surface area contributed by atoms with Gasteiger partial charge in [0.25, 0.3) is 10.0 Å². The molecule has 0 radical (unpaired) electrons. The molecule has 0 aliphatic heterocycles. The minimum Gasteiger partial charge on any atom is -0.480 e. The highest BCUT2D eigenvalue weighted by Crippen LogP contribution is 2.32. The van der Waals surface area contributed by atoms with E-state index in [9.17, 15) is 27.5 Å². The lowest BCUT2D eigenvalue weighted by atomic mass is 10.1. The normalized spacial score (nSPS) is 11.9. The van der Waals surface area contributed by atoms with Gasteiger partial charge in [-0.15, -0.1) is 0 Å². The molecule has 1 aromatic heterocycles. The van der Waals surface area contributed by atoms with Gasteiger partial charge in [-0.1, -0.05) is 19.1 Å². The number of halogens is 1. The number of aromatic nitrogens is 2. The number of sulfonamides is 1. The Morgan fingerprint density at radius 2 is 1.65 bits per heavy atom. The molecule has 232 valence electrons. The summed E-state index contributed by atoms with van der Waals surface area (Å²) < 4.78 is 47.4. The van der Waals surface area contributed by atoms with E-state index in [0.29, 0.717) is 36.8 Å². The predicted molar refractivity (Wildman–Crippen MR) is 162 cm³/mol. The molecule has 2 aromatic carbocycles. The second kappa shape index (κ2) is 14.6. The Morgan fingerprint density at radius 3 is 2.19 bits per heavy atom. The molecule has 1 unspecified atom stereocenters. The highest BCUT2D eigenvalue weighted by molar-refractivity contribution is 7.92. The standard InChI is InChI=1S/C29H37FN6O6S/c1-6-17-36(43(40,41)23-15-11-21(30)12-16-23)25-19-31-28(35(7-2)8-3)33-26(25)32-24(27(37)38)18-20-9-13-22(14-10-20)42-29(39)34(4)5/h9-16,19,24H,6-8,17-18H2,1-5H3,(H,37,38)(H,31,32,33). The molecule has 0 aliphatic carbocycles. The Hall–Kier alpha value is -4.46. The molecule has 1 heterocycles. The molecule has 43 heavy (non-hydrogen) atoms. The summed E-state index contributed by atoms with van der Waals surface area (Å²) in [6.07, 6.45) is 1.22. The van der Waals surface area contributed by atoms with Crippen molar-refractivity contribution in [1.29, 1.82) is 0 Å².